The average Bonchev–Trinajstić information content (AvgIpc) is 2.43. The highest BCUT2D eigenvalue weighted by molar-refractivity contribution is 5.86. The summed E-state index contributed by atoms with van der Waals surface area (Å²) in [6, 6.07) is 4.10. The second kappa shape index (κ2) is 6.25. The van der Waals surface area contributed by atoms with Crippen LogP contribution in [0.4, 0.5) is 13.2 Å². The minimum absolute atomic E-state index is 0.121. The smallest absolute Gasteiger partial charge is 0.416 e. The third-order valence-corrected chi connectivity index (χ3v) is 3.26. The topological polar surface area (TPSA) is 66.8 Å². The van der Waals surface area contributed by atoms with E-state index < -0.39 is 35.8 Å². The molecule has 0 saturated carbocycles. The van der Waals surface area contributed by atoms with Gasteiger partial charge in [-0.2, -0.15) is 13.2 Å². The summed E-state index contributed by atoms with van der Waals surface area (Å²) in [6.45, 7) is 2.10. The summed E-state index contributed by atoms with van der Waals surface area (Å²) >= 11 is 0. The third kappa shape index (κ3) is 4.12. The van der Waals surface area contributed by atoms with Crippen LogP contribution in [0.2, 0.25) is 0 Å². The van der Waals surface area contributed by atoms with Crippen LogP contribution in [0.1, 0.15) is 19.4 Å². The van der Waals surface area contributed by atoms with Crippen molar-refractivity contribution >= 4 is 11.9 Å². The Morgan fingerprint density at radius 3 is 2.36 bits per heavy atom. The summed E-state index contributed by atoms with van der Waals surface area (Å²) in [6.07, 6.45) is -4.51. The lowest BCUT2D eigenvalue weighted by molar-refractivity contribution is -0.156. The van der Waals surface area contributed by atoms with E-state index in [0.29, 0.717) is 0 Å². The van der Waals surface area contributed by atoms with Gasteiger partial charge in [-0.25, -0.2) is 4.79 Å². The standard InChI is InChI=1S/C14H16F3NO4/c1-13(2,12(20)21)18(3)11(19)8-22-10-6-4-5-9(7-10)14(15,16)17/h4-7H,8H2,1-3H3,(H,20,21). The van der Waals surface area contributed by atoms with Crippen LogP contribution >= 0.6 is 0 Å². The van der Waals surface area contributed by atoms with E-state index in [1.165, 1.54) is 27.0 Å². The first-order chi connectivity index (χ1) is 9.96. The Bertz CT molecular complexity index is 569. The molecule has 0 aliphatic heterocycles. The van der Waals surface area contributed by atoms with Gasteiger partial charge in [0.2, 0.25) is 0 Å². The van der Waals surface area contributed by atoms with Crippen molar-refractivity contribution in [2.24, 2.45) is 0 Å². The number of halogens is 3. The van der Waals surface area contributed by atoms with Crippen molar-refractivity contribution in [3.05, 3.63) is 29.8 Å². The fourth-order valence-corrected chi connectivity index (χ4v) is 1.46. The van der Waals surface area contributed by atoms with Crippen molar-refractivity contribution < 1.29 is 32.6 Å². The Hall–Kier alpha value is -2.25. The minimum Gasteiger partial charge on any atom is -0.484 e. The van der Waals surface area contributed by atoms with Crippen LogP contribution in [0.5, 0.6) is 5.75 Å². The molecule has 0 aliphatic carbocycles. The van der Waals surface area contributed by atoms with Gasteiger partial charge >= 0.3 is 12.1 Å². The highest BCUT2D eigenvalue weighted by Crippen LogP contribution is 2.31. The number of carbonyl (C=O) groups excluding carboxylic acids is 1. The van der Waals surface area contributed by atoms with Gasteiger partial charge in [-0.1, -0.05) is 6.07 Å². The van der Waals surface area contributed by atoms with Crippen molar-refractivity contribution in [1.29, 1.82) is 0 Å². The molecule has 22 heavy (non-hydrogen) atoms. The van der Waals surface area contributed by atoms with Crippen LogP contribution in [0.15, 0.2) is 24.3 Å². The van der Waals surface area contributed by atoms with Gasteiger partial charge in [-0.05, 0) is 32.0 Å². The number of benzene rings is 1. The van der Waals surface area contributed by atoms with E-state index in [9.17, 15) is 22.8 Å². The van der Waals surface area contributed by atoms with E-state index in [1.54, 1.807) is 0 Å². The van der Waals surface area contributed by atoms with Gasteiger partial charge in [0, 0.05) is 7.05 Å². The fourth-order valence-electron chi connectivity index (χ4n) is 1.46. The van der Waals surface area contributed by atoms with E-state index in [-0.39, 0.29) is 5.75 Å². The summed E-state index contributed by atoms with van der Waals surface area (Å²) in [5.74, 6) is -1.99. The first-order valence-electron chi connectivity index (χ1n) is 6.26. The van der Waals surface area contributed by atoms with Gasteiger partial charge in [0.1, 0.15) is 11.3 Å². The molecule has 0 radical (unpaired) electrons. The minimum atomic E-state index is -4.51. The lowest BCUT2D eigenvalue weighted by Gasteiger charge is -2.31. The van der Waals surface area contributed by atoms with Gasteiger partial charge in [0.15, 0.2) is 6.61 Å². The van der Waals surface area contributed by atoms with E-state index in [0.717, 1.165) is 23.1 Å². The molecule has 0 bridgehead atoms. The van der Waals surface area contributed by atoms with Crippen LogP contribution in [0.25, 0.3) is 0 Å². The molecule has 1 rings (SSSR count). The molecule has 0 spiro atoms. The van der Waals surface area contributed by atoms with Crippen molar-refractivity contribution in [2.75, 3.05) is 13.7 Å². The second-order valence-corrected chi connectivity index (χ2v) is 5.13. The number of nitrogens with zero attached hydrogens (tertiary/aromatic N) is 1. The zero-order valence-electron chi connectivity index (χ0n) is 12.3. The highest BCUT2D eigenvalue weighted by atomic mass is 19.4. The Morgan fingerprint density at radius 1 is 1.27 bits per heavy atom. The molecule has 1 aromatic carbocycles. The maximum Gasteiger partial charge on any atom is 0.416 e. The molecule has 0 fully saturated rings. The summed E-state index contributed by atoms with van der Waals surface area (Å²) < 4.78 is 42.6. The predicted octanol–water partition coefficient (Wildman–Crippen LogP) is 2.41. The summed E-state index contributed by atoms with van der Waals surface area (Å²) in [4.78, 5) is 23.9. The molecule has 0 unspecified atom stereocenters. The van der Waals surface area contributed by atoms with Crippen LogP contribution in [-0.4, -0.2) is 41.1 Å². The van der Waals surface area contributed by atoms with Crippen molar-refractivity contribution in [3.8, 4) is 5.75 Å². The Morgan fingerprint density at radius 2 is 1.86 bits per heavy atom. The van der Waals surface area contributed by atoms with E-state index in [1.807, 2.05) is 0 Å². The number of rotatable bonds is 5. The predicted molar refractivity (Wildman–Crippen MR) is 71.4 cm³/mol. The number of hydrogen-bond donors (Lipinski definition) is 1. The largest absolute Gasteiger partial charge is 0.484 e. The molecular formula is C14H16F3NO4. The monoisotopic (exact) mass is 319 g/mol. The molecule has 0 saturated heterocycles. The maximum atomic E-state index is 12.5. The van der Waals surface area contributed by atoms with Crippen LogP contribution in [0, 0.1) is 0 Å². The average molecular weight is 319 g/mol. The third-order valence-electron chi connectivity index (χ3n) is 3.26. The molecule has 1 aromatic rings. The van der Waals surface area contributed by atoms with Crippen LogP contribution in [-0.2, 0) is 15.8 Å². The van der Waals surface area contributed by atoms with Crippen LogP contribution in [0.3, 0.4) is 0 Å². The molecule has 0 atom stereocenters. The molecule has 0 aromatic heterocycles. The molecule has 122 valence electrons. The molecule has 1 N–H and O–H groups in total. The molecule has 0 heterocycles. The number of ether oxygens (including phenoxy) is 1. The lowest BCUT2D eigenvalue weighted by Crippen LogP contribution is -2.52. The van der Waals surface area contributed by atoms with E-state index in [2.05, 4.69) is 0 Å². The van der Waals surface area contributed by atoms with Crippen molar-refractivity contribution in [1.82, 2.24) is 4.90 Å². The van der Waals surface area contributed by atoms with Gasteiger partial charge in [0.25, 0.3) is 5.91 Å². The number of likely N-dealkylation sites (N-methyl/N-ethyl adjacent to an activating group) is 1. The zero-order valence-corrected chi connectivity index (χ0v) is 12.3. The fraction of sp³-hybridized carbons (Fsp3) is 0.429. The number of alkyl halides is 3. The molecule has 8 heteroatoms. The Kier molecular flexibility index (Phi) is 5.05. The van der Waals surface area contributed by atoms with E-state index in [4.69, 9.17) is 9.84 Å². The summed E-state index contributed by atoms with van der Waals surface area (Å²) in [7, 11) is 1.28. The number of amides is 1. The molecule has 1 amide bonds. The second-order valence-electron chi connectivity index (χ2n) is 5.13. The summed E-state index contributed by atoms with van der Waals surface area (Å²) in [5.41, 5.74) is -2.34. The SMILES string of the molecule is CN(C(=O)COc1cccc(C(F)(F)F)c1)C(C)(C)C(=O)O. The maximum absolute atomic E-state index is 12.5. The zero-order chi connectivity index (χ0) is 17.1. The van der Waals surface area contributed by atoms with Gasteiger partial charge in [-0.3, -0.25) is 4.79 Å². The summed E-state index contributed by atoms with van der Waals surface area (Å²) in [5, 5.41) is 9.01. The van der Waals surface area contributed by atoms with E-state index >= 15 is 0 Å². The van der Waals surface area contributed by atoms with Crippen molar-refractivity contribution in [2.45, 2.75) is 25.6 Å². The van der Waals surface area contributed by atoms with Crippen LogP contribution < -0.4 is 4.74 Å². The number of hydrogen-bond acceptors (Lipinski definition) is 3. The Labute approximate surface area is 125 Å². The number of carbonyl (C=O) groups is 2. The van der Waals surface area contributed by atoms with Crippen molar-refractivity contribution in [3.63, 3.8) is 0 Å². The first kappa shape index (κ1) is 17.8. The quantitative estimate of drug-likeness (QED) is 0.905. The van der Waals surface area contributed by atoms with Gasteiger partial charge in [0.05, 0.1) is 5.56 Å². The number of carboxylic acids is 1. The lowest BCUT2D eigenvalue weighted by atomic mass is 10.0. The highest BCUT2D eigenvalue weighted by Gasteiger charge is 2.35. The van der Waals surface area contributed by atoms with Gasteiger partial charge in [-0.15, -0.1) is 0 Å². The molecule has 0 aliphatic rings. The number of carboxylic acid groups (broad SMARTS) is 1. The number of aliphatic carboxylic acids is 1. The first-order valence-corrected chi connectivity index (χ1v) is 6.26. The van der Waals surface area contributed by atoms with Gasteiger partial charge < -0.3 is 14.7 Å². The normalized spacial score (nSPS) is 11.9. The molecule has 5 nitrogen and oxygen atoms in total. The Balaban J connectivity index is 2.75. The molecular weight excluding hydrogens is 303 g/mol.